The highest BCUT2D eigenvalue weighted by Gasteiger charge is 2.10. The number of nitriles is 1. The zero-order valence-corrected chi connectivity index (χ0v) is 10.9. The van der Waals surface area contributed by atoms with Gasteiger partial charge in [0.05, 0.1) is 25.3 Å². The van der Waals surface area contributed by atoms with Gasteiger partial charge in [0, 0.05) is 12.1 Å². The lowest BCUT2D eigenvalue weighted by atomic mass is 10.2. The van der Waals surface area contributed by atoms with E-state index in [1.807, 2.05) is 0 Å². The summed E-state index contributed by atoms with van der Waals surface area (Å²) >= 11 is 0. The van der Waals surface area contributed by atoms with Crippen LogP contribution < -0.4 is 15.2 Å². The third-order valence-corrected chi connectivity index (χ3v) is 2.72. The van der Waals surface area contributed by atoms with Crippen LogP contribution in [0.25, 0.3) is 0 Å². The van der Waals surface area contributed by atoms with Crippen LogP contribution in [0.4, 0.5) is 10.1 Å². The molecule has 2 rings (SSSR count). The van der Waals surface area contributed by atoms with Gasteiger partial charge in [-0.25, -0.2) is 4.39 Å². The van der Waals surface area contributed by atoms with Crippen LogP contribution in [-0.2, 0) is 6.42 Å². The van der Waals surface area contributed by atoms with E-state index in [0.29, 0.717) is 17.9 Å². The molecule has 5 heteroatoms. The first-order chi connectivity index (χ1) is 9.63. The first kappa shape index (κ1) is 13.7. The number of methoxy groups -OCH3 is 1. The predicted octanol–water partition coefficient (Wildman–Crippen LogP) is 3.27. The van der Waals surface area contributed by atoms with Crippen LogP contribution in [0.3, 0.4) is 0 Å². The number of ether oxygens (including phenoxy) is 2. The molecule has 4 nitrogen and oxygen atoms in total. The highest BCUT2D eigenvalue weighted by Crippen LogP contribution is 2.32. The molecule has 0 aliphatic heterocycles. The smallest absolute Gasteiger partial charge is 0.168 e. The molecule has 0 amide bonds. The Labute approximate surface area is 116 Å². The molecule has 0 bridgehead atoms. The lowest BCUT2D eigenvalue weighted by Gasteiger charge is -2.10. The molecule has 2 aromatic rings. The zero-order valence-electron chi connectivity index (χ0n) is 10.9. The van der Waals surface area contributed by atoms with Crippen molar-refractivity contribution in [1.82, 2.24) is 0 Å². The van der Waals surface area contributed by atoms with Gasteiger partial charge < -0.3 is 15.2 Å². The molecule has 2 aromatic carbocycles. The van der Waals surface area contributed by atoms with Gasteiger partial charge in [0.25, 0.3) is 0 Å². The molecule has 0 fully saturated rings. The molecule has 0 radical (unpaired) electrons. The van der Waals surface area contributed by atoms with E-state index >= 15 is 0 Å². The Morgan fingerprint density at radius 2 is 1.90 bits per heavy atom. The Bertz CT molecular complexity index is 648. The van der Waals surface area contributed by atoms with E-state index < -0.39 is 5.82 Å². The van der Waals surface area contributed by atoms with Crippen LogP contribution in [0.2, 0.25) is 0 Å². The van der Waals surface area contributed by atoms with E-state index in [2.05, 4.69) is 6.07 Å². The Balaban J connectivity index is 2.23. The van der Waals surface area contributed by atoms with Gasteiger partial charge in [-0.2, -0.15) is 5.26 Å². The second kappa shape index (κ2) is 5.93. The quantitative estimate of drug-likeness (QED) is 0.867. The Kier molecular flexibility index (Phi) is 4.06. The molecule has 0 spiro atoms. The maximum absolute atomic E-state index is 13.7. The summed E-state index contributed by atoms with van der Waals surface area (Å²) in [6.07, 6.45) is 0.324. The van der Waals surface area contributed by atoms with Crippen molar-refractivity contribution >= 4 is 5.69 Å². The molecule has 0 saturated carbocycles. The summed E-state index contributed by atoms with van der Waals surface area (Å²) < 4.78 is 24.2. The molecular formula is C15H13FN2O2. The number of hydrogen-bond donors (Lipinski definition) is 1. The van der Waals surface area contributed by atoms with Crippen LogP contribution in [0.15, 0.2) is 36.4 Å². The van der Waals surface area contributed by atoms with E-state index in [-0.39, 0.29) is 11.4 Å². The minimum absolute atomic E-state index is 0.0316. The van der Waals surface area contributed by atoms with Crippen LogP contribution in [0, 0.1) is 17.1 Å². The second-order valence-electron chi connectivity index (χ2n) is 4.11. The fourth-order valence-corrected chi connectivity index (χ4v) is 1.70. The van der Waals surface area contributed by atoms with Gasteiger partial charge in [-0.3, -0.25) is 0 Å². The number of nitrogen functional groups attached to an aromatic ring is 1. The molecule has 0 saturated heterocycles. The topological polar surface area (TPSA) is 68.3 Å². The number of benzene rings is 2. The number of anilines is 1. The highest BCUT2D eigenvalue weighted by atomic mass is 19.1. The summed E-state index contributed by atoms with van der Waals surface area (Å²) in [5.41, 5.74) is 6.68. The molecule has 0 unspecified atom stereocenters. The van der Waals surface area contributed by atoms with E-state index in [1.165, 1.54) is 13.2 Å². The maximum atomic E-state index is 13.7. The van der Waals surface area contributed by atoms with Crippen molar-refractivity contribution in [2.45, 2.75) is 6.42 Å². The molecule has 20 heavy (non-hydrogen) atoms. The predicted molar refractivity (Wildman–Crippen MR) is 73.2 cm³/mol. The van der Waals surface area contributed by atoms with Crippen molar-refractivity contribution in [1.29, 1.82) is 5.26 Å². The maximum Gasteiger partial charge on any atom is 0.168 e. The normalized spacial score (nSPS) is 9.85. The van der Waals surface area contributed by atoms with E-state index in [1.54, 1.807) is 24.3 Å². The van der Waals surface area contributed by atoms with E-state index in [4.69, 9.17) is 20.5 Å². The number of nitrogens with two attached hydrogens (primary N) is 1. The van der Waals surface area contributed by atoms with Gasteiger partial charge in [-0.05, 0) is 17.7 Å². The summed E-state index contributed by atoms with van der Waals surface area (Å²) in [6.45, 7) is 0. The minimum Gasteiger partial charge on any atom is -0.494 e. The zero-order chi connectivity index (χ0) is 14.5. The Morgan fingerprint density at radius 1 is 1.20 bits per heavy atom. The summed E-state index contributed by atoms with van der Waals surface area (Å²) in [4.78, 5) is 0. The van der Waals surface area contributed by atoms with Crippen molar-refractivity contribution < 1.29 is 13.9 Å². The van der Waals surface area contributed by atoms with Gasteiger partial charge in [-0.1, -0.05) is 12.1 Å². The molecule has 2 N–H and O–H groups in total. The first-order valence-electron chi connectivity index (χ1n) is 5.91. The number of hydrogen-bond acceptors (Lipinski definition) is 4. The molecule has 0 heterocycles. The number of rotatable bonds is 4. The number of nitrogens with zero attached hydrogens (tertiary/aromatic N) is 1. The van der Waals surface area contributed by atoms with Gasteiger partial charge in [0.15, 0.2) is 11.6 Å². The minimum atomic E-state index is -0.565. The number of halogens is 1. The van der Waals surface area contributed by atoms with Gasteiger partial charge in [-0.15, -0.1) is 0 Å². The third-order valence-electron chi connectivity index (χ3n) is 2.72. The van der Waals surface area contributed by atoms with Crippen molar-refractivity contribution in [2.24, 2.45) is 0 Å². The SMILES string of the molecule is COc1cc(Oc2ccc(CC#N)cc2)c(F)cc1N. The van der Waals surface area contributed by atoms with Crippen LogP contribution in [0.5, 0.6) is 17.2 Å². The van der Waals surface area contributed by atoms with Crippen molar-refractivity contribution in [3.8, 4) is 23.3 Å². The third kappa shape index (κ3) is 2.98. The second-order valence-corrected chi connectivity index (χ2v) is 4.11. The Morgan fingerprint density at radius 3 is 2.50 bits per heavy atom. The van der Waals surface area contributed by atoms with Crippen molar-refractivity contribution in [2.75, 3.05) is 12.8 Å². The van der Waals surface area contributed by atoms with Crippen LogP contribution >= 0.6 is 0 Å². The van der Waals surface area contributed by atoms with E-state index in [0.717, 1.165) is 11.6 Å². The highest BCUT2D eigenvalue weighted by molar-refractivity contribution is 5.56. The summed E-state index contributed by atoms with van der Waals surface area (Å²) in [6, 6.07) is 11.5. The molecule has 0 atom stereocenters. The Hall–Kier alpha value is -2.74. The van der Waals surface area contributed by atoms with Crippen LogP contribution in [-0.4, -0.2) is 7.11 Å². The van der Waals surface area contributed by atoms with Crippen LogP contribution in [0.1, 0.15) is 5.56 Å². The lowest BCUT2D eigenvalue weighted by molar-refractivity contribution is 0.403. The first-order valence-corrected chi connectivity index (χ1v) is 5.91. The summed E-state index contributed by atoms with van der Waals surface area (Å²) in [7, 11) is 1.45. The largest absolute Gasteiger partial charge is 0.494 e. The molecule has 102 valence electrons. The molecule has 0 aliphatic carbocycles. The van der Waals surface area contributed by atoms with E-state index in [9.17, 15) is 4.39 Å². The summed E-state index contributed by atoms with van der Waals surface area (Å²) in [5, 5.41) is 8.59. The molecule has 0 aromatic heterocycles. The van der Waals surface area contributed by atoms with Gasteiger partial charge >= 0.3 is 0 Å². The average Bonchev–Trinajstić information content (AvgIpc) is 2.44. The van der Waals surface area contributed by atoms with Gasteiger partial charge in [0.1, 0.15) is 11.5 Å². The van der Waals surface area contributed by atoms with Gasteiger partial charge in [0.2, 0.25) is 0 Å². The van der Waals surface area contributed by atoms with Crippen molar-refractivity contribution in [3.63, 3.8) is 0 Å². The fourth-order valence-electron chi connectivity index (χ4n) is 1.70. The molecular weight excluding hydrogens is 259 g/mol. The fraction of sp³-hybridized carbons (Fsp3) is 0.133. The average molecular weight is 272 g/mol. The van der Waals surface area contributed by atoms with Crippen molar-refractivity contribution in [3.05, 3.63) is 47.8 Å². The lowest BCUT2D eigenvalue weighted by Crippen LogP contribution is -1.96. The molecule has 0 aliphatic rings. The standard InChI is InChI=1S/C15H13FN2O2/c1-19-15-9-14(12(16)8-13(15)18)20-11-4-2-10(3-5-11)6-7-17/h2-5,8-9H,6,18H2,1H3. The summed E-state index contributed by atoms with van der Waals surface area (Å²) in [5.74, 6) is 0.286. The monoisotopic (exact) mass is 272 g/mol.